The molecule has 1 aliphatic rings. The van der Waals surface area contributed by atoms with Crippen molar-refractivity contribution < 1.29 is 19.1 Å². The van der Waals surface area contributed by atoms with Crippen LogP contribution in [0, 0.1) is 5.92 Å². The molecule has 2 rings (SSSR count). The molecule has 0 aromatic carbocycles. The van der Waals surface area contributed by atoms with Gasteiger partial charge in [-0.05, 0) is 30.2 Å². The number of carboxylic acids is 1. The van der Waals surface area contributed by atoms with Crippen molar-refractivity contribution in [3.8, 4) is 0 Å². The van der Waals surface area contributed by atoms with Gasteiger partial charge in [-0.3, -0.25) is 9.69 Å². The average molecular weight is 351 g/mol. The number of nitrogens with zero attached hydrogens (tertiary/aromatic N) is 1. The highest BCUT2D eigenvalue weighted by Gasteiger charge is 2.42. The zero-order valence-corrected chi connectivity index (χ0v) is 14.4. The summed E-state index contributed by atoms with van der Waals surface area (Å²) in [5, 5.41) is 9.45. The summed E-state index contributed by atoms with van der Waals surface area (Å²) in [6.07, 6.45) is 7.23. The van der Waals surface area contributed by atoms with E-state index in [-0.39, 0.29) is 16.1 Å². The number of carbonyl (C=O) groups is 2. The zero-order chi connectivity index (χ0) is 17.0. The maximum atomic E-state index is 12.5. The zero-order valence-electron chi connectivity index (χ0n) is 12.8. The Hall–Kier alpha value is -1.86. The molecular formula is C16H17NO4S2. The van der Waals surface area contributed by atoms with Crippen LogP contribution in [0.1, 0.15) is 26.0 Å². The number of hydrogen-bond donors (Lipinski definition) is 1. The van der Waals surface area contributed by atoms with Crippen molar-refractivity contribution in [3.63, 3.8) is 0 Å². The lowest BCUT2D eigenvalue weighted by atomic mass is 9.98. The van der Waals surface area contributed by atoms with Crippen molar-refractivity contribution in [2.24, 2.45) is 5.92 Å². The molecule has 0 radical (unpaired) electrons. The Labute approximate surface area is 144 Å². The van der Waals surface area contributed by atoms with Crippen molar-refractivity contribution >= 4 is 46.3 Å². The van der Waals surface area contributed by atoms with E-state index < -0.39 is 12.0 Å². The van der Waals surface area contributed by atoms with E-state index in [1.54, 1.807) is 43.5 Å². The van der Waals surface area contributed by atoms with Crippen molar-refractivity contribution in [2.75, 3.05) is 0 Å². The van der Waals surface area contributed by atoms with Gasteiger partial charge in [-0.25, -0.2) is 4.79 Å². The molecule has 0 aliphatic carbocycles. The van der Waals surface area contributed by atoms with E-state index in [4.69, 9.17) is 16.6 Å². The minimum atomic E-state index is -1.04. The summed E-state index contributed by atoms with van der Waals surface area (Å²) in [6.45, 7) is 3.69. The topological polar surface area (TPSA) is 70.8 Å². The summed E-state index contributed by atoms with van der Waals surface area (Å²) < 4.78 is 5.44. The van der Waals surface area contributed by atoms with Gasteiger partial charge in [0.15, 0.2) is 0 Å². The first-order valence-corrected chi connectivity index (χ1v) is 8.38. The molecule has 2 heterocycles. The Balaban J connectivity index is 2.20. The van der Waals surface area contributed by atoms with Crippen LogP contribution >= 0.6 is 24.0 Å². The first-order chi connectivity index (χ1) is 11.0. The Morgan fingerprint density at radius 1 is 1.57 bits per heavy atom. The van der Waals surface area contributed by atoms with Gasteiger partial charge in [0.1, 0.15) is 16.1 Å². The number of hydrogen-bond acceptors (Lipinski definition) is 5. The molecule has 23 heavy (non-hydrogen) atoms. The molecule has 1 amide bonds. The van der Waals surface area contributed by atoms with E-state index in [9.17, 15) is 14.7 Å². The summed E-state index contributed by atoms with van der Waals surface area (Å²) in [7, 11) is 0. The van der Waals surface area contributed by atoms with Gasteiger partial charge in [0.25, 0.3) is 5.91 Å². The van der Waals surface area contributed by atoms with Crippen molar-refractivity contribution in [3.05, 3.63) is 41.2 Å². The summed E-state index contributed by atoms with van der Waals surface area (Å²) >= 11 is 6.33. The number of aliphatic carboxylic acids is 1. The fourth-order valence-corrected chi connectivity index (χ4v) is 3.46. The second kappa shape index (κ2) is 7.61. The van der Waals surface area contributed by atoms with Crippen molar-refractivity contribution in [1.82, 2.24) is 4.90 Å². The molecule has 1 fully saturated rings. The van der Waals surface area contributed by atoms with Crippen molar-refractivity contribution in [1.29, 1.82) is 0 Å². The first kappa shape index (κ1) is 17.5. The molecule has 1 aromatic rings. The third kappa shape index (κ3) is 3.92. The Morgan fingerprint density at radius 3 is 2.87 bits per heavy atom. The molecule has 1 N–H and O–H groups in total. The number of carboxylic acid groups (broad SMARTS) is 1. The van der Waals surface area contributed by atoms with Crippen LogP contribution in [0.2, 0.25) is 0 Å². The van der Waals surface area contributed by atoms with Gasteiger partial charge in [-0.15, -0.1) is 0 Å². The van der Waals surface area contributed by atoms with Crippen LogP contribution in [-0.4, -0.2) is 32.2 Å². The van der Waals surface area contributed by atoms with Gasteiger partial charge >= 0.3 is 5.97 Å². The SMILES string of the molecule is CCC(C)C(C(=O)O)N1C(=O)C(=CC=Cc2ccco2)SC1=S. The number of furan rings is 1. The molecule has 1 aliphatic heterocycles. The maximum Gasteiger partial charge on any atom is 0.327 e. The molecular weight excluding hydrogens is 334 g/mol. The molecule has 1 saturated heterocycles. The summed E-state index contributed by atoms with van der Waals surface area (Å²) in [6, 6.07) is 2.62. The standard InChI is InChI=1S/C16H17NO4S2/c1-3-10(2)13(15(19)20)17-14(18)12(23-16(17)22)8-4-6-11-7-5-9-21-11/h4-10,13H,3H2,1-2H3,(H,19,20). The van der Waals surface area contributed by atoms with Crippen LogP contribution in [0.3, 0.4) is 0 Å². The Kier molecular flexibility index (Phi) is 5.79. The van der Waals surface area contributed by atoms with E-state index in [0.29, 0.717) is 17.1 Å². The Bertz CT molecular complexity index is 664. The van der Waals surface area contributed by atoms with Crippen LogP contribution in [0.25, 0.3) is 6.08 Å². The largest absolute Gasteiger partial charge is 0.480 e. The highest BCUT2D eigenvalue weighted by atomic mass is 32.2. The van der Waals surface area contributed by atoms with Crippen LogP contribution in [-0.2, 0) is 9.59 Å². The van der Waals surface area contributed by atoms with E-state index in [0.717, 1.165) is 11.8 Å². The second-order valence-corrected chi connectivity index (χ2v) is 6.79. The normalized spacial score (nSPS) is 19.7. The molecule has 0 saturated carbocycles. The molecule has 7 heteroatoms. The predicted octanol–water partition coefficient (Wildman–Crippen LogP) is 3.54. The highest BCUT2D eigenvalue weighted by Crippen LogP contribution is 2.34. The number of thioether (sulfide) groups is 1. The lowest BCUT2D eigenvalue weighted by molar-refractivity contribution is -0.147. The third-order valence-electron chi connectivity index (χ3n) is 3.59. The fraction of sp³-hybridized carbons (Fsp3) is 0.312. The van der Waals surface area contributed by atoms with Gasteiger partial charge in [0, 0.05) is 0 Å². The summed E-state index contributed by atoms with van der Waals surface area (Å²) in [5.41, 5.74) is 0. The lowest BCUT2D eigenvalue weighted by Gasteiger charge is -2.27. The van der Waals surface area contributed by atoms with Gasteiger partial charge in [-0.2, -0.15) is 0 Å². The van der Waals surface area contributed by atoms with E-state index in [1.165, 1.54) is 4.90 Å². The molecule has 0 spiro atoms. The number of allylic oxidation sites excluding steroid dienone is 2. The smallest absolute Gasteiger partial charge is 0.327 e. The minimum Gasteiger partial charge on any atom is -0.480 e. The van der Waals surface area contributed by atoms with Crippen LogP contribution < -0.4 is 0 Å². The highest BCUT2D eigenvalue weighted by molar-refractivity contribution is 8.26. The van der Waals surface area contributed by atoms with Crippen LogP contribution in [0.15, 0.2) is 39.9 Å². The van der Waals surface area contributed by atoms with Gasteiger partial charge in [0.2, 0.25) is 0 Å². The third-order valence-corrected chi connectivity index (χ3v) is 4.94. The Morgan fingerprint density at radius 2 is 2.30 bits per heavy atom. The number of thiocarbonyl (C=S) groups is 1. The number of rotatable bonds is 6. The fourth-order valence-electron chi connectivity index (χ4n) is 2.18. The predicted molar refractivity (Wildman–Crippen MR) is 93.7 cm³/mol. The van der Waals surface area contributed by atoms with Crippen LogP contribution in [0.5, 0.6) is 0 Å². The number of amides is 1. The van der Waals surface area contributed by atoms with Crippen LogP contribution in [0.4, 0.5) is 0 Å². The summed E-state index contributed by atoms with van der Waals surface area (Å²) in [5.74, 6) is -0.924. The van der Waals surface area contributed by atoms with Crippen molar-refractivity contribution in [2.45, 2.75) is 26.3 Å². The van der Waals surface area contributed by atoms with Gasteiger partial charge < -0.3 is 9.52 Å². The number of carbonyl (C=O) groups excluding carboxylic acids is 1. The second-order valence-electron chi connectivity index (χ2n) is 5.12. The average Bonchev–Trinajstić information content (AvgIpc) is 3.11. The minimum absolute atomic E-state index is 0.187. The molecule has 2 atom stereocenters. The molecule has 2 unspecified atom stereocenters. The molecule has 122 valence electrons. The van der Waals surface area contributed by atoms with E-state index >= 15 is 0 Å². The van der Waals surface area contributed by atoms with E-state index in [1.807, 2.05) is 6.92 Å². The summed E-state index contributed by atoms with van der Waals surface area (Å²) in [4.78, 5) is 25.7. The van der Waals surface area contributed by atoms with Gasteiger partial charge in [0.05, 0.1) is 11.2 Å². The monoisotopic (exact) mass is 351 g/mol. The first-order valence-electron chi connectivity index (χ1n) is 7.15. The molecule has 1 aromatic heterocycles. The lowest BCUT2D eigenvalue weighted by Crippen LogP contribution is -2.47. The quantitative estimate of drug-likeness (QED) is 0.624. The molecule has 0 bridgehead atoms. The molecule has 5 nitrogen and oxygen atoms in total. The van der Waals surface area contributed by atoms with E-state index in [2.05, 4.69) is 0 Å². The maximum absolute atomic E-state index is 12.5. The van der Waals surface area contributed by atoms with Gasteiger partial charge in [-0.1, -0.05) is 50.3 Å².